The summed E-state index contributed by atoms with van der Waals surface area (Å²) in [6, 6.07) is 0. The van der Waals surface area contributed by atoms with Gasteiger partial charge in [-0.3, -0.25) is 4.79 Å². The molecular formula is C23H38O8. The summed E-state index contributed by atoms with van der Waals surface area (Å²) in [4.78, 5) is 11.5. The van der Waals surface area contributed by atoms with Crippen LogP contribution in [0.5, 0.6) is 0 Å². The van der Waals surface area contributed by atoms with Crippen molar-refractivity contribution in [3.63, 3.8) is 0 Å². The third-order valence-electron chi connectivity index (χ3n) is 8.02. The predicted octanol–water partition coefficient (Wildman–Crippen LogP) is 1.00. The molecule has 1 saturated carbocycles. The number of hydrogen-bond acceptors (Lipinski definition) is 8. The molecule has 178 valence electrons. The Morgan fingerprint density at radius 2 is 1.90 bits per heavy atom. The number of ether oxygens (including phenoxy) is 3. The average Bonchev–Trinajstić information content (AvgIpc) is 2.84. The van der Waals surface area contributed by atoms with E-state index in [9.17, 15) is 25.2 Å². The van der Waals surface area contributed by atoms with E-state index >= 15 is 0 Å². The molecule has 31 heavy (non-hydrogen) atoms. The molecule has 3 rings (SSSR count). The second kappa shape index (κ2) is 9.45. The zero-order valence-corrected chi connectivity index (χ0v) is 19.2. The summed E-state index contributed by atoms with van der Waals surface area (Å²) in [6.07, 6.45) is -4.38. The van der Waals surface area contributed by atoms with Crippen molar-refractivity contribution in [2.24, 2.45) is 29.1 Å². The molecule has 0 amide bonds. The summed E-state index contributed by atoms with van der Waals surface area (Å²) in [5.74, 6) is 0.919. The van der Waals surface area contributed by atoms with Crippen molar-refractivity contribution >= 4 is 5.97 Å². The largest absolute Gasteiger partial charge is 0.466 e. The number of aliphatic hydroxyl groups excluding tert-OH is 4. The third-order valence-corrected chi connectivity index (χ3v) is 8.02. The number of fused-ring (bicyclic) bond motifs is 2. The fourth-order valence-electron chi connectivity index (χ4n) is 5.93. The number of allylic oxidation sites excluding steroid dienone is 1. The summed E-state index contributed by atoms with van der Waals surface area (Å²) >= 11 is 0. The van der Waals surface area contributed by atoms with E-state index in [0.29, 0.717) is 18.4 Å². The van der Waals surface area contributed by atoms with Gasteiger partial charge in [0.2, 0.25) is 0 Å². The van der Waals surface area contributed by atoms with Crippen molar-refractivity contribution in [1.82, 2.24) is 0 Å². The topological polar surface area (TPSA) is 126 Å². The lowest BCUT2D eigenvalue weighted by molar-refractivity contribution is -0.299. The number of carbonyl (C=O) groups excluding carboxylic acids is 1. The number of aliphatic hydroxyl groups is 4. The van der Waals surface area contributed by atoms with Crippen molar-refractivity contribution in [2.45, 2.75) is 78.2 Å². The van der Waals surface area contributed by atoms with E-state index < -0.39 is 37.3 Å². The molecular weight excluding hydrogens is 404 g/mol. The van der Waals surface area contributed by atoms with Gasteiger partial charge in [-0.1, -0.05) is 26.3 Å². The van der Waals surface area contributed by atoms with Gasteiger partial charge in [-0.15, -0.1) is 0 Å². The van der Waals surface area contributed by atoms with E-state index in [1.807, 2.05) is 0 Å². The van der Waals surface area contributed by atoms with Gasteiger partial charge >= 0.3 is 5.97 Å². The first-order chi connectivity index (χ1) is 14.5. The predicted molar refractivity (Wildman–Crippen MR) is 112 cm³/mol. The van der Waals surface area contributed by atoms with Crippen molar-refractivity contribution in [3.05, 3.63) is 11.1 Å². The summed E-state index contributed by atoms with van der Waals surface area (Å²) in [5.41, 5.74) is 2.26. The van der Waals surface area contributed by atoms with Crippen molar-refractivity contribution in [2.75, 3.05) is 19.8 Å². The Hall–Kier alpha value is -1.03. The van der Waals surface area contributed by atoms with E-state index in [4.69, 9.17) is 14.2 Å². The molecule has 3 aliphatic rings. The van der Waals surface area contributed by atoms with Crippen LogP contribution in [0.2, 0.25) is 0 Å². The molecule has 2 bridgehead atoms. The van der Waals surface area contributed by atoms with E-state index in [2.05, 4.69) is 27.7 Å². The Kier molecular flexibility index (Phi) is 7.50. The van der Waals surface area contributed by atoms with Gasteiger partial charge in [0.1, 0.15) is 24.4 Å². The molecule has 2 fully saturated rings. The average molecular weight is 443 g/mol. The molecule has 4 N–H and O–H groups in total. The Labute approximate surface area is 184 Å². The Bertz CT molecular complexity index is 689. The molecule has 8 nitrogen and oxygen atoms in total. The quantitative estimate of drug-likeness (QED) is 0.340. The highest BCUT2D eigenvalue weighted by atomic mass is 16.7. The molecule has 0 aromatic carbocycles. The fraction of sp³-hybridized carbons (Fsp3) is 0.870. The van der Waals surface area contributed by atoms with Crippen molar-refractivity contribution in [1.29, 1.82) is 0 Å². The molecule has 1 saturated heterocycles. The number of rotatable bonds is 7. The highest BCUT2D eigenvalue weighted by Gasteiger charge is 2.55. The Balaban J connectivity index is 1.82. The van der Waals surface area contributed by atoms with Crippen LogP contribution in [0.15, 0.2) is 11.1 Å². The summed E-state index contributed by atoms with van der Waals surface area (Å²) < 4.78 is 16.9. The third kappa shape index (κ3) is 4.43. The second-order valence-electron chi connectivity index (χ2n) is 9.96. The minimum atomic E-state index is -1.47. The Morgan fingerprint density at radius 3 is 2.48 bits per heavy atom. The second-order valence-corrected chi connectivity index (χ2v) is 9.96. The first-order valence-corrected chi connectivity index (χ1v) is 11.3. The van der Waals surface area contributed by atoms with Gasteiger partial charge in [-0.05, 0) is 48.5 Å². The zero-order valence-electron chi connectivity index (χ0n) is 19.2. The first-order valence-electron chi connectivity index (χ1n) is 11.3. The summed E-state index contributed by atoms with van der Waals surface area (Å²) in [6.45, 7) is 10.2. The van der Waals surface area contributed by atoms with Crippen LogP contribution in [0, 0.1) is 29.1 Å². The highest BCUT2D eigenvalue weighted by Crippen LogP contribution is 2.61. The van der Waals surface area contributed by atoms with Crippen LogP contribution in [0.3, 0.4) is 0 Å². The van der Waals surface area contributed by atoms with Gasteiger partial charge in [0, 0.05) is 12.8 Å². The molecule has 9 atom stereocenters. The SMILES string of the molecule is CC(=O)OC[C@H]1[C@H]2C(CO[C@@H]3O[C@H](CO)[C@@H](O)[C@H](O)[C@H]3O)=C(C)[C@]1(C)CC[C@@H]2C(C)C. The Morgan fingerprint density at radius 1 is 1.23 bits per heavy atom. The maximum Gasteiger partial charge on any atom is 0.302 e. The maximum absolute atomic E-state index is 11.5. The number of carbonyl (C=O) groups is 1. The lowest BCUT2D eigenvalue weighted by Gasteiger charge is -2.45. The molecule has 8 heteroatoms. The van der Waals surface area contributed by atoms with Gasteiger partial charge in [0.05, 0.1) is 19.8 Å². The van der Waals surface area contributed by atoms with E-state index in [0.717, 1.165) is 18.4 Å². The molecule has 0 aromatic heterocycles. The molecule has 0 radical (unpaired) electrons. The summed E-state index contributed by atoms with van der Waals surface area (Å²) in [5, 5.41) is 39.8. The van der Waals surface area contributed by atoms with Crippen LogP contribution in [0.25, 0.3) is 0 Å². The zero-order chi connectivity index (χ0) is 23.1. The van der Waals surface area contributed by atoms with Crippen LogP contribution >= 0.6 is 0 Å². The minimum Gasteiger partial charge on any atom is -0.466 e. The van der Waals surface area contributed by atoms with Crippen molar-refractivity contribution < 1.29 is 39.4 Å². The smallest absolute Gasteiger partial charge is 0.302 e. The molecule has 1 aliphatic heterocycles. The molecule has 0 unspecified atom stereocenters. The van der Waals surface area contributed by atoms with Crippen molar-refractivity contribution in [3.8, 4) is 0 Å². The maximum atomic E-state index is 11.5. The van der Waals surface area contributed by atoms with E-state index in [1.54, 1.807) is 0 Å². The van der Waals surface area contributed by atoms with Crippen LogP contribution in [0.1, 0.15) is 47.5 Å². The normalized spacial score (nSPS) is 42.9. The van der Waals surface area contributed by atoms with Gasteiger partial charge in [0.25, 0.3) is 0 Å². The monoisotopic (exact) mass is 442 g/mol. The van der Waals surface area contributed by atoms with Crippen LogP contribution in [-0.2, 0) is 19.0 Å². The number of hydrogen-bond donors (Lipinski definition) is 4. The molecule has 1 heterocycles. The first kappa shape index (κ1) is 24.6. The highest BCUT2D eigenvalue weighted by molar-refractivity contribution is 5.65. The lowest BCUT2D eigenvalue weighted by Crippen LogP contribution is -2.59. The van der Waals surface area contributed by atoms with E-state index in [1.165, 1.54) is 12.5 Å². The van der Waals surface area contributed by atoms with E-state index in [-0.39, 0.29) is 29.8 Å². The lowest BCUT2D eigenvalue weighted by atomic mass is 9.60. The standard InChI is InChI=1S/C23H38O8/c1-11(2)14-6-7-23(5)12(3)15(18(14)16(23)10-29-13(4)25)9-30-22-21(28)20(27)19(26)17(8-24)31-22/h11,14,16-22,24,26-28H,6-10H2,1-5H3/t14-,16+,17-,18-,19-,20+,21-,22-,23+/m1/s1. The van der Waals surface area contributed by atoms with Gasteiger partial charge in [-0.25, -0.2) is 0 Å². The molecule has 0 aromatic rings. The van der Waals surface area contributed by atoms with Crippen LogP contribution < -0.4 is 0 Å². The van der Waals surface area contributed by atoms with Gasteiger partial charge in [0.15, 0.2) is 6.29 Å². The van der Waals surface area contributed by atoms with Gasteiger partial charge in [-0.2, -0.15) is 0 Å². The van der Waals surface area contributed by atoms with Crippen LogP contribution in [-0.4, -0.2) is 76.9 Å². The molecule has 0 spiro atoms. The number of esters is 1. The fourth-order valence-corrected chi connectivity index (χ4v) is 5.93. The summed E-state index contributed by atoms with van der Waals surface area (Å²) in [7, 11) is 0. The molecule has 2 aliphatic carbocycles. The van der Waals surface area contributed by atoms with Crippen LogP contribution in [0.4, 0.5) is 0 Å². The minimum absolute atomic E-state index is 0.0976. The van der Waals surface area contributed by atoms with Gasteiger partial charge < -0.3 is 34.6 Å².